The van der Waals surface area contributed by atoms with Crippen molar-refractivity contribution < 1.29 is 9.53 Å². The molecule has 0 bridgehead atoms. The molecule has 1 aliphatic heterocycles. The van der Waals surface area contributed by atoms with Crippen molar-refractivity contribution in [2.75, 3.05) is 6.61 Å². The molecule has 2 atom stereocenters. The Hall–Kier alpha value is -1.68. The normalized spacial score (nSPS) is 24.3. The zero-order valence-corrected chi connectivity index (χ0v) is 9.64. The van der Waals surface area contributed by atoms with Crippen LogP contribution in [0, 0.1) is 5.92 Å². The summed E-state index contributed by atoms with van der Waals surface area (Å²) in [7, 11) is 0. The van der Waals surface area contributed by atoms with E-state index < -0.39 is 0 Å². The third-order valence-electron chi connectivity index (χ3n) is 3.46. The molecule has 3 rings (SSSR count). The van der Waals surface area contributed by atoms with Gasteiger partial charge in [-0.05, 0) is 19.4 Å². The highest BCUT2D eigenvalue weighted by atomic mass is 16.5. The third-order valence-corrected chi connectivity index (χ3v) is 3.46. The number of nitrogens with zero attached hydrogens (tertiary/aromatic N) is 1. The van der Waals surface area contributed by atoms with E-state index in [4.69, 9.17) is 4.74 Å². The van der Waals surface area contributed by atoms with E-state index in [2.05, 4.69) is 9.97 Å². The molecule has 2 unspecified atom stereocenters. The smallest absolute Gasteiger partial charge is 0.170 e. The van der Waals surface area contributed by atoms with Crippen molar-refractivity contribution in [2.45, 2.75) is 19.4 Å². The fourth-order valence-electron chi connectivity index (χ4n) is 2.44. The highest BCUT2D eigenvalue weighted by molar-refractivity contribution is 6.08. The number of carbonyl (C=O) groups is 1. The van der Waals surface area contributed by atoms with Gasteiger partial charge in [-0.3, -0.25) is 9.78 Å². The topological polar surface area (TPSA) is 55.0 Å². The SMILES string of the molecule is CC1OCCC1C(=O)c1c[nH]c2ccncc12. The largest absolute Gasteiger partial charge is 0.378 e. The molecule has 0 radical (unpaired) electrons. The molecule has 0 saturated carbocycles. The Morgan fingerprint density at radius 2 is 2.47 bits per heavy atom. The van der Waals surface area contributed by atoms with Crippen LogP contribution in [0.4, 0.5) is 0 Å². The first-order chi connectivity index (χ1) is 8.27. The van der Waals surface area contributed by atoms with Crippen molar-refractivity contribution >= 4 is 16.7 Å². The summed E-state index contributed by atoms with van der Waals surface area (Å²) in [6.45, 7) is 2.64. The first-order valence-corrected chi connectivity index (χ1v) is 5.84. The van der Waals surface area contributed by atoms with E-state index >= 15 is 0 Å². The van der Waals surface area contributed by atoms with Crippen LogP contribution in [0.25, 0.3) is 10.9 Å². The molecule has 0 aliphatic carbocycles. The van der Waals surface area contributed by atoms with Crippen molar-refractivity contribution in [1.82, 2.24) is 9.97 Å². The van der Waals surface area contributed by atoms with E-state index in [1.165, 1.54) is 0 Å². The maximum Gasteiger partial charge on any atom is 0.170 e. The Morgan fingerprint density at radius 3 is 3.24 bits per heavy atom. The van der Waals surface area contributed by atoms with Crippen molar-refractivity contribution in [3.63, 3.8) is 0 Å². The second-order valence-corrected chi connectivity index (χ2v) is 4.46. The maximum absolute atomic E-state index is 12.4. The summed E-state index contributed by atoms with van der Waals surface area (Å²) in [6.07, 6.45) is 6.06. The van der Waals surface area contributed by atoms with Crippen LogP contribution in [0.5, 0.6) is 0 Å². The number of rotatable bonds is 2. The minimum Gasteiger partial charge on any atom is -0.378 e. The van der Waals surface area contributed by atoms with Gasteiger partial charge in [-0.15, -0.1) is 0 Å². The standard InChI is InChI=1S/C13H14N2O2/c1-8-9(3-5-17-8)13(16)11-7-15-12-2-4-14-6-10(11)12/h2,4,6-9,15H,3,5H2,1H3. The summed E-state index contributed by atoms with van der Waals surface area (Å²) in [6, 6.07) is 1.88. The lowest BCUT2D eigenvalue weighted by molar-refractivity contribution is 0.0766. The van der Waals surface area contributed by atoms with E-state index in [-0.39, 0.29) is 17.8 Å². The number of hydrogen-bond donors (Lipinski definition) is 1. The molecule has 88 valence electrons. The zero-order valence-electron chi connectivity index (χ0n) is 9.64. The van der Waals surface area contributed by atoms with E-state index in [9.17, 15) is 4.79 Å². The van der Waals surface area contributed by atoms with Gasteiger partial charge in [-0.25, -0.2) is 0 Å². The van der Waals surface area contributed by atoms with Gasteiger partial charge in [0.15, 0.2) is 5.78 Å². The van der Waals surface area contributed by atoms with Crippen LogP contribution in [0.3, 0.4) is 0 Å². The monoisotopic (exact) mass is 230 g/mol. The van der Waals surface area contributed by atoms with Crippen LogP contribution in [-0.2, 0) is 4.74 Å². The lowest BCUT2D eigenvalue weighted by Crippen LogP contribution is -2.21. The van der Waals surface area contributed by atoms with E-state index in [1.54, 1.807) is 18.6 Å². The summed E-state index contributed by atoms with van der Waals surface area (Å²) >= 11 is 0. The number of pyridine rings is 1. The molecule has 4 heteroatoms. The summed E-state index contributed by atoms with van der Waals surface area (Å²) in [5.74, 6) is 0.142. The Kier molecular flexibility index (Phi) is 2.44. The average molecular weight is 230 g/mol. The maximum atomic E-state index is 12.4. The number of ether oxygens (including phenoxy) is 1. The van der Waals surface area contributed by atoms with Gasteiger partial charge in [0, 0.05) is 41.7 Å². The Bertz CT molecular complexity index is 561. The Labute approximate surface area is 99.0 Å². The van der Waals surface area contributed by atoms with Gasteiger partial charge >= 0.3 is 0 Å². The zero-order chi connectivity index (χ0) is 11.8. The number of hydrogen-bond acceptors (Lipinski definition) is 3. The van der Waals surface area contributed by atoms with Gasteiger partial charge in [0.25, 0.3) is 0 Å². The van der Waals surface area contributed by atoms with Crippen LogP contribution in [0.15, 0.2) is 24.7 Å². The second-order valence-electron chi connectivity index (χ2n) is 4.46. The molecule has 17 heavy (non-hydrogen) atoms. The molecular weight excluding hydrogens is 216 g/mol. The van der Waals surface area contributed by atoms with E-state index in [1.807, 2.05) is 13.0 Å². The lowest BCUT2D eigenvalue weighted by Gasteiger charge is -2.11. The quantitative estimate of drug-likeness (QED) is 0.804. The third kappa shape index (κ3) is 1.65. The van der Waals surface area contributed by atoms with Crippen LogP contribution < -0.4 is 0 Å². The highest BCUT2D eigenvalue weighted by Crippen LogP contribution is 2.27. The van der Waals surface area contributed by atoms with Gasteiger partial charge in [-0.2, -0.15) is 0 Å². The minimum atomic E-state index is -0.0193. The van der Waals surface area contributed by atoms with E-state index in [0.29, 0.717) is 6.61 Å². The summed E-state index contributed by atoms with van der Waals surface area (Å²) in [5, 5.41) is 0.900. The minimum absolute atomic E-state index is 0.0177. The van der Waals surface area contributed by atoms with Crippen molar-refractivity contribution in [3.05, 3.63) is 30.2 Å². The molecule has 2 aromatic heterocycles. The molecule has 2 aromatic rings. The molecule has 1 saturated heterocycles. The number of fused-ring (bicyclic) bond motifs is 1. The Balaban J connectivity index is 2.01. The van der Waals surface area contributed by atoms with E-state index in [0.717, 1.165) is 22.9 Å². The van der Waals surface area contributed by atoms with Crippen LogP contribution in [0.1, 0.15) is 23.7 Å². The molecule has 1 aliphatic rings. The fraction of sp³-hybridized carbons (Fsp3) is 0.385. The first kappa shape index (κ1) is 10.5. The molecule has 4 nitrogen and oxygen atoms in total. The molecule has 0 amide bonds. The fourth-order valence-corrected chi connectivity index (χ4v) is 2.44. The van der Waals surface area contributed by atoms with Gasteiger partial charge in [0.2, 0.25) is 0 Å². The number of ketones is 1. The predicted molar refractivity (Wildman–Crippen MR) is 63.9 cm³/mol. The number of aromatic amines is 1. The van der Waals surface area contributed by atoms with Crippen molar-refractivity contribution in [3.8, 4) is 0 Å². The first-order valence-electron chi connectivity index (χ1n) is 5.84. The molecule has 1 fully saturated rings. The molecular formula is C13H14N2O2. The summed E-state index contributed by atoms with van der Waals surface area (Å²) < 4.78 is 5.45. The predicted octanol–water partition coefficient (Wildman–Crippen LogP) is 2.17. The average Bonchev–Trinajstić information content (AvgIpc) is 2.94. The van der Waals surface area contributed by atoms with Gasteiger partial charge in [-0.1, -0.05) is 0 Å². The number of Topliss-reactive ketones (excluding diaryl/α,β-unsaturated/α-hetero) is 1. The number of aromatic nitrogens is 2. The number of nitrogens with one attached hydrogen (secondary N) is 1. The summed E-state index contributed by atoms with van der Waals surface area (Å²) in [5.41, 5.74) is 1.69. The van der Waals surface area contributed by atoms with Crippen molar-refractivity contribution in [2.24, 2.45) is 5.92 Å². The number of H-pyrrole nitrogens is 1. The Morgan fingerprint density at radius 1 is 1.59 bits per heavy atom. The second kappa shape index (κ2) is 3.96. The van der Waals surface area contributed by atoms with Gasteiger partial charge < -0.3 is 9.72 Å². The van der Waals surface area contributed by atoms with Gasteiger partial charge in [0.1, 0.15) is 0 Å². The highest BCUT2D eigenvalue weighted by Gasteiger charge is 2.32. The van der Waals surface area contributed by atoms with Crippen LogP contribution in [0.2, 0.25) is 0 Å². The number of carbonyl (C=O) groups excluding carboxylic acids is 1. The van der Waals surface area contributed by atoms with Crippen LogP contribution >= 0.6 is 0 Å². The van der Waals surface area contributed by atoms with Gasteiger partial charge in [0.05, 0.1) is 12.0 Å². The molecule has 0 spiro atoms. The van der Waals surface area contributed by atoms with Crippen LogP contribution in [-0.4, -0.2) is 28.5 Å². The molecule has 1 N–H and O–H groups in total. The van der Waals surface area contributed by atoms with Crippen molar-refractivity contribution in [1.29, 1.82) is 0 Å². The summed E-state index contributed by atoms with van der Waals surface area (Å²) in [4.78, 5) is 19.6. The molecule has 0 aromatic carbocycles. The molecule has 3 heterocycles. The lowest BCUT2D eigenvalue weighted by atomic mass is 9.92.